The van der Waals surface area contributed by atoms with Crippen molar-refractivity contribution >= 4 is 17.5 Å². The van der Waals surface area contributed by atoms with Gasteiger partial charge in [0.25, 0.3) is 0 Å². The van der Waals surface area contributed by atoms with E-state index in [0.717, 1.165) is 26.2 Å². The Morgan fingerprint density at radius 3 is 2.76 bits per heavy atom. The number of halogens is 1. The van der Waals surface area contributed by atoms with Crippen LogP contribution in [0.2, 0.25) is 0 Å². The Bertz CT molecular complexity index is 438. The van der Waals surface area contributed by atoms with Crippen LogP contribution in [0.15, 0.2) is 30.3 Å². The molecule has 4 heteroatoms. The second kappa shape index (κ2) is 8.40. The van der Waals surface area contributed by atoms with Crippen LogP contribution in [0.4, 0.5) is 0 Å². The number of hydrogen-bond acceptors (Lipinski definition) is 2. The van der Waals surface area contributed by atoms with Gasteiger partial charge in [-0.1, -0.05) is 36.8 Å². The van der Waals surface area contributed by atoms with Crippen molar-refractivity contribution in [1.29, 1.82) is 0 Å². The van der Waals surface area contributed by atoms with E-state index in [1.54, 1.807) is 0 Å². The van der Waals surface area contributed by atoms with Crippen LogP contribution in [0, 0.1) is 0 Å². The molecule has 0 unspecified atom stereocenters. The van der Waals surface area contributed by atoms with Gasteiger partial charge in [-0.2, -0.15) is 0 Å². The molecular weight excluding hydrogens is 284 g/mol. The van der Waals surface area contributed by atoms with Gasteiger partial charge in [-0.3, -0.25) is 9.69 Å². The monoisotopic (exact) mass is 308 g/mol. The summed E-state index contributed by atoms with van der Waals surface area (Å²) in [6.07, 6.45) is 3.67. The first kappa shape index (κ1) is 16.3. The van der Waals surface area contributed by atoms with E-state index in [1.807, 2.05) is 11.8 Å². The predicted octanol–water partition coefficient (Wildman–Crippen LogP) is 3.13. The zero-order valence-electron chi connectivity index (χ0n) is 12.8. The van der Waals surface area contributed by atoms with Crippen molar-refractivity contribution in [1.82, 2.24) is 9.80 Å². The lowest BCUT2D eigenvalue weighted by Crippen LogP contribution is -2.48. The summed E-state index contributed by atoms with van der Waals surface area (Å²) in [5, 5.41) is 0. The third kappa shape index (κ3) is 4.72. The van der Waals surface area contributed by atoms with Gasteiger partial charge >= 0.3 is 0 Å². The highest BCUT2D eigenvalue weighted by Gasteiger charge is 2.25. The number of carbonyl (C=O) groups excluding carboxylic acids is 1. The number of likely N-dealkylation sites (tertiary alicyclic amines) is 1. The Morgan fingerprint density at radius 2 is 2.10 bits per heavy atom. The second-order valence-electron chi connectivity index (χ2n) is 5.67. The fourth-order valence-electron chi connectivity index (χ4n) is 3.04. The standard InChI is InChI=1S/C17H25ClN2O/c1-2-19(17(21)12-18)14-16-10-6-7-11-20(16)13-15-8-4-3-5-9-15/h3-5,8-9,16H,2,6-7,10-14H2,1H3/t16-/m0/s1. The lowest BCUT2D eigenvalue weighted by atomic mass is 10.0. The lowest BCUT2D eigenvalue weighted by Gasteiger charge is -2.38. The highest BCUT2D eigenvalue weighted by Crippen LogP contribution is 2.20. The molecule has 1 atom stereocenters. The predicted molar refractivity (Wildman–Crippen MR) is 87.5 cm³/mol. The van der Waals surface area contributed by atoms with E-state index in [9.17, 15) is 4.79 Å². The Kier molecular flexibility index (Phi) is 6.52. The molecule has 0 saturated carbocycles. The fraction of sp³-hybridized carbons (Fsp3) is 0.588. The van der Waals surface area contributed by atoms with Crippen molar-refractivity contribution in [3.63, 3.8) is 0 Å². The molecular formula is C17H25ClN2O. The Balaban J connectivity index is 1.99. The molecule has 1 fully saturated rings. The summed E-state index contributed by atoms with van der Waals surface area (Å²) in [4.78, 5) is 16.3. The molecule has 0 aliphatic carbocycles. The molecule has 1 aromatic rings. The van der Waals surface area contributed by atoms with E-state index in [0.29, 0.717) is 6.04 Å². The number of likely N-dealkylation sites (N-methyl/N-ethyl adjacent to an activating group) is 1. The van der Waals surface area contributed by atoms with Crippen LogP contribution in [0.25, 0.3) is 0 Å². The molecule has 1 amide bonds. The topological polar surface area (TPSA) is 23.6 Å². The zero-order valence-corrected chi connectivity index (χ0v) is 13.6. The summed E-state index contributed by atoms with van der Waals surface area (Å²) >= 11 is 5.70. The molecule has 3 nitrogen and oxygen atoms in total. The van der Waals surface area contributed by atoms with Gasteiger partial charge in [-0.05, 0) is 31.9 Å². The average molecular weight is 309 g/mol. The van der Waals surface area contributed by atoms with Gasteiger partial charge in [0.05, 0.1) is 0 Å². The van der Waals surface area contributed by atoms with Crippen LogP contribution in [0.5, 0.6) is 0 Å². The van der Waals surface area contributed by atoms with Crippen molar-refractivity contribution in [2.24, 2.45) is 0 Å². The van der Waals surface area contributed by atoms with Crippen LogP contribution >= 0.6 is 11.6 Å². The quantitative estimate of drug-likeness (QED) is 0.754. The maximum Gasteiger partial charge on any atom is 0.237 e. The summed E-state index contributed by atoms with van der Waals surface area (Å²) in [6, 6.07) is 11.0. The summed E-state index contributed by atoms with van der Waals surface area (Å²) < 4.78 is 0. The molecule has 1 saturated heterocycles. The van der Waals surface area contributed by atoms with Crippen LogP contribution in [0.1, 0.15) is 31.7 Å². The lowest BCUT2D eigenvalue weighted by molar-refractivity contribution is -0.129. The van der Waals surface area contributed by atoms with Gasteiger partial charge in [0.1, 0.15) is 5.88 Å². The van der Waals surface area contributed by atoms with Gasteiger partial charge in [0, 0.05) is 25.7 Å². The maximum atomic E-state index is 11.9. The van der Waals surface area contributed by atoms with E-state index in [4.69, 9.17) is 11.6 Å². The minimum Gasteiger partial charge on any atom is -0.340 e. The molecule has 1 heterocycles. The molecule has 0 spiro atoms. The number of benzene rings is 1. The number of carbonyl (C=O) groups is 1. The number of rotatable bonds is 6. The van der Waals surface area contributed by atoms with Crippen LogP contribution < -0.4 is 0 Å². The summed E-state index contributed by atoms with van der Waals surface area (Å²) in [5.74, 6) is 0.128. The Morgan fingerprint density at radius 1 is 1.33 bits per heavy atom. The average Bonchev–Trinajstić information content (AvgIpc) is 2.54. The molecule has 0 N–H and O–H groups in total. The van der Waals surface area contributed by atoms with E-state index in [2.05, 4.69) is 35.2 Å². The number of piperidine rings is 1. The van der Waals surface area contributed by atoms with Crippen molar-refractivity contribution < 1.29 is 4.79 Å². The Hall–Kier alpha value is -1.06. The number of hydrogen-bond donors (Lipinski definition) is 0. The molecule has 1 aliphatic rings. The highest BCUT2D eigenvalue weighted by molar-refractivity contribution is 6.27. The molecule has 116 valence electrons. The van der Waals surface area contributed by atoms with Gasteiger partial charge in [0.15, 0.2) is 0 Å². The SMILES string of the molecule is CCN(C[C@@H]1CCCCN1Cc1ccccc1)C(=O)CCl. The van der Waals surface area contributed by atoms with Gasteiger partial charge < -0.3 is 4.90 Å². The molecule has 1 aromatic carbocycles. The molecule has 0 aromatic heterocycles. The van der Waals surface area contributed by atoms with Crippen molar-refractivity contribution in [2.45, 2.75) is 38.8 Å². The summed E-state index contributed by atoms with van der Waals surface area (Å²) in [7, 11) is 0. The molecule has 21 heavy (non-hydrogen) atoms. The molecule has 2 rings (SSSR count). The van der Waals surface area contributed by atoms with Crippen LogP contribution in [-0.2, 0) is 11.3 Å². The first-order valence-corrected chi connectivity index (χ1v) is 8.39. The molecule has 0 radical (unpaired) electrons. The zero-order chi connectivity index (χ0) is 15.1. The summed E-state index contributed by atoms with van der Waals surface area (Å²) in [6.45, 7) is 5.65. The van der Waals surface area contributed by atoms with Crippen molar-refractivity contribution in [3.8, 4) is 0 Å². The smallest absolute Gasteiger partial charge is 0.237 e. The first-order chi connectivity index (χ1) is 10.2. The third-order valence-corrected chi connectivity index (χ3v) is 4.49. The van der Waals surface area contributed by atoms with Crippen LogP contribution in [-0.4, -0.2) is 47.3 Å². The Labute approximate surface area is 132 Å². The highest BCUT2D eigenvalue weighted by atomic mass is 35.5. The van der Waals surface area contributed by atoms with E-state index >= 15 is 0 Å². The molecule has 0 bridgehead atoms. The minimum absolute atomic E-state index is 0.0457. The van der Waals surface area contributed by atoms with E-state index < -0.39 is 0 Å². The normalized spacial score (nSPS) is 19.4. The minimum atomic E-state index is 0.0457. The third-order valence-electron chi connectivity index (χ3n) is 4.26. The fourth-order valence-corrected chi connectivity index (χ4v) is 3.21. The van der Waals surface area contributed by atoms with E-state index in [-0.39, 0.29) is 11.8 Å². The number of alkyl halides is 1. The van der Waals surface area contributed by atoms with Crippen LogP contribution in [0.3, 0.4) is 0 Å². The maximum absolute atomic E-state index is 11.9. The summed E-state index contributed by atoms with van der Waals surface area (Å²) in [5.41, 5.74) is 1.34. The largest absolute Gasteiger partial charge is 0.340 e. The van der Waals surface area contributed by atoms with E-state index in [1.165, 1.54) is 24.8 Å². The van der Waals surface area contributed by atoms with Gasteiger partial charge in [-0.15, -0.1) is 11.6 Å². The molecule has 1 aliphatic heterocycles. The van der Waals surface area contributed by atoms with Gasteiger partial charge in [0.2, 0.25) is 5.91 Å². The second-order valence-corrected chi connectivity index (χ2v) is 5.94. The van der Waals surface area contributed by atoms with Gasteiger partial charge in [-0.25, -0.2) is 0 Å². The first-order valence-electron chi connectivity index (χ1n) is 7.86. The van der Waals surface area contributed by atoms with Crippen molar-refractivity contribution in [3.05, 3.63) is 35.9 Å². The van der Waals surface area contributed by atoms with Crippen molar-refractivity contribution in [2.75, 3.05) is 25.5 Å². The number of amides is 1. The number of nitrogens with zero attached hydrogens (tertiary/aromatic N) is 2.